The van der Waals surface area contributed by atoms with Crippen LogP contribution in [0.2, 0.25) is 0 Å². The van der Waals surface area contributed by atoms with Crippen molar-refractivity contribution in [3.05, 3.63) is 12.2 Å². The van der Waals surface area contributed by atoms with Gasteiger partial charge in [-0.15, -0.1) is 0 Å². The Morgan fingerprint density at radius 2 is 0.768 bits per heavy atom. The van der Waals surface area contributed by atoms with Crippen LogP contribution in [-0.2, 0) is 61.2 Å². The summed E-state index contributed by atoms with van der Waals surface area (Å²) < 4.78 is 65.1. The summed E-state index contributed by atoms with van der Waals surface area (Å²) in [6.07, 6.45) is 12.8. The summed E-state index contributed by atoms with van der Waals surface area (Å²) in [4.78, 5) is 51.1. The molecule has 25 heteroatoms. The van der Waals surface area contributed by atoms with E-state index in [2.05, 4.69) is 39.8 Å². The fraction of sp³-hybridized carbons (Fsp3) is 0.932. The number of carbonyl (C=O) groups excluding carboxylic acids is 3. The molecule has 99 heavy (non-hydrogen) atoms. The molecule has 3 fully saturated rings. The highest BCUT2D eigenvalue weighted by Gasteiger charge is 2.58. The zero-order valence-electron chi connectivity index (χ0n) is 61.0. The number of ether oxygens (including phenoxy) is 7. The molecule has 0 aromatic heterocycles. The molecule has 24 nitrogen and oxygen atoms in total. The van der Waals surface area contributed by atoms with Gasteiger partial charge in [0.1, 0.15) is 98.7 Å². The third-order valence-corrected chi connectivity index (χ3v) is 20.4. The molecule has 0 spiro atoms. The third-order valence-electron chi connectivity index (χ3n) is 19.4. The number of hydrogen-bond donors (Lipinski definition) is 11. The summed E-state index contributed by atoms with van der Waals surface area (Å²) >= 11 is 0. The van der Waals surface area contributed by atoms with Crippen molar-refractivity contribution in [3.8, 4) is 0 Å². The van der Waals surface area contributed by atoms with Crippen LogP contribution >= 0.6 is 7.82 Å². The van der Waals surface area contributed by atoms with E-state index in [1.54, 1.807) is 0 Å². The number of hydrogen-bond acceptors (Lipinski definition) is 23. The second-order valence-electron chi connectivity index (χ2n) is 28.3. The Kier molecular flexibility index (Phi) is 50.7. The van der Waals surface area contributed by atoms with E-state index in [1.165, 1.54) is 141 Å². The highest BCUT2D eigenvalue weighted by molar-refractivity contribution is 7.47. The summed E-state index contributed by atoms with van der Waals surface area (Å²) in [5.41, 5.74) is 0. The lowest BCUT2D eigenvalue weighted by Crippen LogP contribution is -2.69. The molecule has 0 amide bonds. The van der Waals surface area contributed by atoms with Crippen LogP contribution in [0.25, 0.3) is 0 Å². The van der Waals surface area contributed by atoms with E-state index < -0.39 is 156 Å². The van der Waals surface area contributed by atoms with E-state index in [1.807, 2.05) is 0 Å². The van der Waals surface area contributed by atoms with Gasteiger partial charge in [-0.25, -0.2) is 4.57 Å². The number of aliphatic hydroxyl groups excluding tert-OH is 10. The normalized spacial score (nSPS) is 27.8. The van der Waals surface area contributed by atoms with E-state index in [4.69, 9.17) is 42.2 Å². The highest BCUT2D eigenvalue weighted by Crippen LogP contribution is 2.49. The maximum absolute atomic E-state index is 14.3. The molecule has 2 aliphatic heterocycles. The van der Waals surface area contributed by atoms with E-state index >= 15 is 0 Å². The van der Waals surface area contributed by atoms with Crippen LogP contribution in [-0.4, -0.2) is 204 Å². The first-order chi connectivity index (χ1) is 47.7. The Bertz CT molecular complexity index is 2110. The van der Waals surface area contributed by atoms with Crippen molar-refractivity contribution in [2.45, 2.75) is 408 Å². The van der Waals surface area contributed by atoms with Gasteiger partial charge in [-0.2, -0.15) is 0 Å². The lowest BCUT2D eigenvalue weighted by Gasteiger charge is -2.49. The zero-order valence-corrected chi connectivity index (χ0v) is 61.8. The monoisotopic (exact) mass is 1440 g/mol. The van der Waals surface area contributed by atoms with Crippen molar-refractivity contribution in [1.29, 1.82) is 0 Å². The van der Waals surface area contributed by atoms with Crippen LogP contribution in [0.5, 0.6) is 0 Å². The quantitative estimate of drug-likeness (QED) is 0.00886. The van der Waals surface area contributed by atoms with Gasteiger partial charge >= 0.3 is 25.7 Å². The Morgan fingerprint density at radius 1 is 0.414 bits per heavy atom. The molecule has 19 unspecified atom stereocenters. The first-order valence-corrected chi connectivity index (χ1v) is 40.4. The molecule has 0 aromatic carbocycles. The van der Waals surface area contributed by atoms with Crippen molar-refractivity contribution in [2.75, 3.05) is 26.4 Å². The number of esters is 3. The lowest BCUT2D eigenvalue weighted by atomic mass is 9.84. The van der Waals surface area contributed by atoms with E-state index in [0.29, 0.717) is 31.6 Å². The van der Waals surface area contributed by atoms with Gasteiger partial charge in [0, 0.05) is 19.3 Å². The SMILES string of the molecule is CCCCCCCC/C=C\CCCCCC(=O)OC(COC(=O)CCCCCCCCCCCCCCCCC)COP(=O)(O)OC1C(OC2OC(CO)C(O)C(O)C2O)C(O)C(O)C(O)C1OC1OC(COC(=O)CCCCCCCCC(C)CCCCCCCC)C(O)C(O)C1O. The molecule has 0 radical (unpaired) electrons. The van der Waals surface area contributed by atoms with Crippen LogP contribution in [0.4, 0.5) is 0 Å². The standard InChI is InChI=1S/C74H137O24P/c1-5-8-11-14-17-19-21-23-24-26-27-29-31-37-42-47-58(76)90-51-55(93-60(78)49-44-39-32-30-28-25-22-20-18-15-12-9-6-2)52-92-99(88,89)98-72-70(96-73-68(86)63(81)61(79)56(50-75)94-73)66(84)65(83)67(85)71(72)97-74-69(87)64(82)62(80)57(95-74)53-91-59(77)48-43-38-34-33-36-41-46-54(4)45-40-35-16-13-10-7-3/h25,28,54-57,61-75,79-87H,5-24,26-27,29-53H2,1-4H3,(H,88,89)/b28-25-. The Hall–Kier alpha value is -2.30. The second-order valence-corrected chi connectivity index (χ2v) is 29.8. The van der Waals surface area contributed by atoms with Crippen LogP contribution in [0.15, 0.2) is 12.2 Å². The van der Waals surface area contributed by atoms with Crippen molar-refractivity contribution in [2.24, 2.45) is 5.92 Å². The number of unbranched alkanes of at least 4 members (excludes halogenated alkanes) is 33. The van der Waals surface area contributed by atoms with Crippen LogP contribution in [0.3, 0.4) is 0 Å². The van der Waals surface area contributed by atoms with Crippen molar-refractivity contribution >= 4 is 25.7 Å². The largest absolute Gasteiger partial charge is 0.472 e. The number of phosphoric acid groups is 1. The van der Waals surface area contributed by atoms with Crippen LogP contribution in [0.1, 0.15) is 304 Å². The van der Waals surface area contributed by atoms with E-state index in [9.17, 15) is 74.9 Å². The number of aliphatic hydroxyl groups is 10. The van der Waals surface area contributed by atoms with Crippen molar-refractivity contribution < 1.29 is 117 Å². The summed E-state index contributed by atoms with van der Waals surface area (Å²) in [5.74, 6) is -1.30. The first-order valence-electron chi connectivity index (χ1n) is 38.9. The topological polar surface area (TPSA) is 374 Å². The maximum Gasteiger partial charge on any atom is 0.472 e. The lowest BCUT2D eigenvalue weighted by molar-refractivity contribution is -0.360. The van der Waals surface area contributed by atoms with E-state index in [0.717, 1.165) is 89.9 Å². The molecule has 0 bridgehead atoms. The average Bonchev–Trinajstić information content (AvgIpc) is 0.761. The van der Waals surface area contributed by atoms with Gasteiger partial charge in [-0.05, 0) is 50.9 Å². The summed E-state index contributed by atoms with van der Waals surface area (Å²) in [6.45, 7) is 5.76. The molecule has 11 N–H and O–H groups in total. The Morgan fingerprint density at radius 3 is 1.20 bits per heavy atom. The second kappa shape index (κ2) is 55.2. The summed E-state index contributed by atoms with van der Waals surface area (Å²) in [5, 5.41) is 110. The van der Waals surface area contributed by atoms with Gasteiger partial charge in [0.05, 0.1) is 13.2 Å². The predicted octanol–water partition coefficient (Wildman–Crippen LogP) is 11.0. The van der Waals surface area contributed by atoms with Gasteiger partial charge in [-0.3, -0.25) is 23.4 Å². The smallest absolute Gasteiger partial charge is 0.463 e. The average molecular weight is 1440 g/mol. The molecule has 582 valence electrons. The van der Waals surface area contributed by atoms with Crippen LogP contribution < -0.4 is 0 Å². The minimum absolute atomic E-state index is 0.0292. The summed E-state index contributed by atoms with van der Waals surface area (Å²) in [6, 6.07) is 0. The molecular formula is C74H137O24P. The number of allylic oxidation sites excluding steroid dienone is 2. The number of rotatable bonds is 60. The van der Waals surface area contributed by atoms with Gasteiger partial charge < -0.3 is 89.1 Å². The third kappa shape index (κ3) is 38.5. The minimum atomic E-state index is -5.70. The summed E-state index contributed by atoms with van der Waals surface area (Å²) in [7, 11) is -5.70. The maximum atomic E-state index is 14.3. The van der Waals surface area contributed by atoms with Gasteiger partial charge in [0.15, 0.2) is 18.7 Å². The zero-order chi connectivity index (χ0) is 72.6. The molecule has 1 saturated carbocycles. The number of carbonyl (C=O) groups is 3. The molecule has 3 aliphatic rings. The molecular weight excluding hydrogens is 1300 g/mol. The molecule has 2 saturated heterocycles. The molecule has 2 heterocycles. The molecule has 1 aliphatic carbocycles. The fourth-order valence-corrected chi connectivity index (χ4v) is 14.0. The molecule has 0 aromatic rings. The van der Waals surface area contributed by atoms with Crippen molar-refractivity contribution in [3.63, 3.8) is 0 Å². The molecule has 19 atom stereocenters. The number of phosphoric ester groups is 1. The van der Waals surface area contributed by atoms with Crippen LogP contribution in [0, 0.1) is 5.92 Å². The Labute approximate surface area is 592 Å². The van der Waals surface area contributed by atoms with Gasteiger partial charge in [-0.1, -0.05) is 252 Å². The van der Waals surface area contributed by atoms with Crippen molar-refractivity contribution in [1.82, 2.24) is 0 Å². The predicted molar refractivity (Wildman–Crippen MR) is 375 cm³/mol. The highest BCUT2D eigenvalue weighted by atomic mass is 31.2. The first kappa shape index (κ1) is 90.9. The van der Waals surface area contributed by atoms with E-state index in [-0.39, 0.29) is 19.3 Å². The molecule has 3 rings (SSSR count). The minimum Gasteiger partial charge on any atom is -0.463 e. The van der Waals surface area contributed by atoms with Gasteiger partial charge in [0.25, 0.3) is 0 Å². The fourth-order valence-electron chi connectivity index (χ4n) is 13.0. The van der Waals surface area contributed by atoms with Gasteiger partial charge in [0.2, 0.25) is 0 Å². The Balaban J connectivity index is 1.73.